The summed E-state index contributed by atoms with van der Waals surface area (Å²) in [5.74, 6) is 0.379. The third-order valence-corrected chi connectivity index (χ3v) is 4.06. The molecule has 2 aromatic carbocycles. The Labute approximate surface area is 150 Å². The number of carbonyl (C=O) groups excluding carboxylic acids is 2. The van der Waals surface area contributed by atoms with E-state index in [1.54, 1.807) is 62.6 Å². The maximum absolute atomic E-state index is 12.9. The van der Waals surface area contributed by atoms with Gasteiger partial charge in [-0.2, -0.15) is 0 Å². The molecule has 0 bridgehead atoms. The van der Waals surface area contributed by atoms with Crippen LogP contribution in [0.4, 0.5) is 0 Å². The zero-order chi connectivity index (χ0) is 18.7. The summed E-state index contributed by atoms with van der Waals surface area (Å²) in [6.45, 7) is 1.66. The van der Waals surface area contributed by atoms with Crippen molar-refractivity contribution >= 4 is 22.8 Å². The maximum Gasteiger partial charge on any atom is 0.340 e. The van der Waals surface area contributed by atoms with Crippen LogP contribution in [-0.2, 0) is 4.74 Å². The molecular weight excluding hydrogens is 334 g/mol. The first kappa shape index (κ1) is 17.5. The molecule has 3 rings (SSSR count). The van der Waals surface area contributed by atoms with E-state index in [1.807, 2.05) is 0 Å². The molecule has 0 spiro atoms. The Balaban J connectivity index is 1.92. The third-order valence-electron chi connectivity index (χ3n) is 4.06. The Bertz CT molecular complexity index is 960. The highest BCUT2D eigenvalue weighted by atomic mass is 16.5. The number of fused-ring (bicyclic) bond motifs is 1. The second kappa shape index (κ2) is 7.31. The van der Waals surface area contributed by atoms with Crippen molar-refractivity contribution in [2.45, 2.75) is 13.0 Å². The van der Waals surface area contributed by atoms with Crippen LogP contribution in [0.25, 0.3) is 10.9 Å². The van der Waals surface area contributed by atoms with Crippen molar-refractivity contribution in [3.8, 4) is 11.5 Å². The van der Waals surface area contributed by atoms with Gasteiger partial charge in [0.05, 0.1) is 25.3 Å². The predicted molar refractivity (Wildman–Crippen MR) is 97.0 cm³/mol. The first-order valence-electron chi connectivity index (χ1n) is 8.08. The third kappa shape index (κ3) is 3.26. The van der Waals surface area contributed by atoms with Crippen molar-refractivity contribution in [1.29, 1.82) is 0 Å². The van der Waals surface area contributed by atoms with Crippen LogP contribution in [0.2, 0.25) is 0 Å². The summed E-state index contributed by atoms with van der Waals surface area (Å²) in [5.41, 5.74) is 0.962. The molecule has 1 heterocycles. The molecule has 6 nitrogen and oxygen atoms in total. The van der Waals surface area contributed by atoms with Gasteiger partial charge in [-0.15, -0.1) is 0 Å². The van der Waals surface area contributed by atoms with Gasteiger partial charge in [-0.05, 0) is 25.1 Å². The Kier molecular flexibility index (Phi) is 4.93. The molecule has 26 heavy (non-hydrogen) atoms. The lowest BCUT2D eigenvalue weighted by molar-refractivity contribution is 0.0602. The minimum Gasteiger partial charge on any atom is -0.497 e. The molecule has 0 saturated carbocycles. The van der Waals surface area contributed by atoms with E-state index in [0.29, 0.717) is 28.0 Å². The molecule has 134 valence electrons. The molecule has 0 radical (unpaired) electrons. The average Bonchev–Trinajstić information content (AvgIpc) is 3.06. The normalized spacial score (nSPS) is 11.8. The lowest BCUT2D eigenvalue weighted by Crippen LogP contribution is -2.28. The fourth-order valence-corrected chi connectivity index (χ4v) is 2.76. The topological polar surface area (TPSA) is 66.8 Å². The van der Waals surface area contributed by atoms with Crippen molar-refractivity contribution in [2.75, 3.05) is 14.2 Å². The highest BCUT2D eigenvalue weighted by molar-refractivity contribution is 6.07. The van der Waals surface area contributed by atoms with Crippen LogP contribution in [0, 0.1) is 0 Å². The van der Waals surface area contributed by atoms with Gasteiger partial charge in [0.2, 0.25) is 0 Å². The van der Waals surface area contributed by atoms with Crippen LogP contribution in [0.15, 0.2) is 54.7 Å². The molecule has 6 heteroatoms. The maximum atomic E-state index is 12.9. The van der Waals surface area contributed by atoms with Crippen LogP contribution in [-0.4, -0.2) is 36.8 Å². The quantitative estimate of drug-likeness (QED) is 0.656. The average molecular weight is 353 g/mol. The van der Waals surface area contributed by atoms with E-state index < -0.39 is 12.1 Å². The van der Waals surface area contributed by atoms with E-state index in [4.69, 9.17) is 14.2 Å². The molecule has 3 aromatic rings. The largest absolute Gasteiger partial charge is 0.497 e. The minimum atomic E-state index is -0.761. The molecule has 1 atom stereocenters. The summed E-state index contributed by atoms with van der Waals surface area (Å²) in [4.78, 5) is 24.9. The summed E-state index contributed by atoms with van der Waals surface area (Å²) in [6.07, 6.45) is 0.730. The molecule has 0 N–H and O–H groups in total. The molecule has 1 aromatic heterocycles. The van der Waals surface area contributed by atoms with Crippen molar-refractivity contribution in [2.24, 2.45) is 0 Å². The summed E-state index contributed by atoms with van der Waals surface area (Å²) in [5, 5.41) is 0.654. The standard InChI is InChI=1S/C20H19NO5/c1-13(26-15-8-6-7-14(11-15)24-2)19(22)21-12-17(20(23)25-3)16-9-4-5-10-18(16)21/h4-13H,1-3H3/t13-/m0/s1. The van der Waals surface area contributed by atoms with Gasteiger partial charge in [0.15, 0.2) is 6.10 Å². The molecule has 0 fully saturated rings. The number of ether oxygens (including phenoxy) is 3. The number of aromatic nitrogens is 1. The second-order valence-corrected chi connectivity index (χ2v) is 5.70. The van der Waals surface area contributed by atoms with Gasteiger partial charge in [-0.25, -0.2) is 4.79 Å². The minimum absolute atomic E-state index is 0.292. The van der Waals surface area contributed by atoms with Crippen molar-refractivity contribution in [3.63, 3.8) is 0 Å². The van der Waals surface area contributed by atoms with Crippen LogP contribution in [0.5, 0.6) is 11.5 Å². The molecule has 0 unspecified atom stereocenters. The van der Waals surface area contributed by atoms with E-state index in [2.05, 4.69) is 0 Å². The van der Waals surface area contributed by atoms with Gasteiger partial charge in [0.25, 0.3) is 5.91 Å². The number of nitrogens with zero attached hydrogens (tertiary/aromatic N) is 1. The molecular formula is C20H19NO5. The zero-order valence-electron chi connectivity index (χ0n) is 14.8. The number of esters is 1. The monoisotopic (exact) mass is 353 g/mol. The van der Waals surface area contributed by atoms with E-state index in [0.717, 1.165) is 0 Å². The lowest BCUT2D eigenvalue weighted by Gasteiger charge is -2.15. The highest BCUT2D eigenvalue weighted by Gasteiger charge is 2.23. The Morgan fingerprint density at radius 3 is 2.46 bits per heavy atom. The summed E-state index contributed by atoms with van der Waals surface area (Å²) in [6, 6.07) is 14.2. The van der Waals surface area contributed by atoms with Crippen LogP contribution < -0.4 is 9.47 Å². The number of carbonyl (C=O) groups is 2. The molecule has 0 aliphatic rings. The van der Waals surface area contributed by atoms with Gasteiger partial charge in [0, 0.05) is 17.6 Å². The summed E-state index contributed by atoms with van der Waals surface area (Å²) in [7, 11) is 2.87. The second-order valence-electron chi connectivity index (χ2n) is 5.70. The lowest BCUT2D eigenvalue weighted by atomic mass is 10.2. The van der Waals surface area contributed by atoms with Gasteiger partial charge in [-0.1, -0.05) is 24.3 Å². The Morgan fingerprint density at radius 1 is 1.00 bits per heavy atom. The van der Waals surface area contributed by atoms with Crippen molar-refractivity contribution in [1.82, 2.24) is 4.57 Å². The first-order valence-corrected chi connectivity index (χ1v) is 8.08. The first-order chi connectivity index (χ1) is 12.5. The fourth-order valence-electron chi connectivity index (χ4n) is 2.76. The fraction of sp³-hybridized carbons (Fsp3) is 0.200. The van der Waals surface area contributed by atoms with E-state index >= 15 is 0 Å². The number of hydrogen-bond acceptors (Lipinski definition) is 5. The van der Waals surface area contributed by atoms with Crippen LogP contribution in [0.3, 0.4) is 0 Å². The van der Waals surface area contributed by atoms with Gasteiger partial charge < -0.3 is 14.2 Å². The zero-order valence-corrected chi connectivity index (χ0v) is 14.8. The van der Waals surface area contributed by atoms with Gasteiger partial charge in [0.1, 0.15) is 11.5 Å². The number of benzene rings is 2. The van der Waals surface area contributed by atoms with Crippen molar-refractivity contribution < 1.29 is 23.8 Å². The smallest absolute Gasteiger partial charge is 0.340 e. The molecule has 0 saturated heterocycles. The van der Waals surface area contributed by atoms with Crippen molar-refractivity contribution in [3.05, 3.63) is 60.3 Å². The molecule has 0 aliphatic heterocycles. The Hall–Kier alpha value is -3.28. The van der Waals surface area contributed by atoms with Crippen LogP contribution in [0.1, 0.15) is 22.1 Å². The van der Waals surface area contributed by atoms with Crippen LogP contribution >= 0.6 is 0 Å². The number of methoxy groups -OCH3 is 2. The number of hydrogen-bond donors (Lipinski definition) is 0. The molecule has 0 amide bonds. The summed E-state index contributed by atoms with van der Waals surface area (Å²) < 4.78 is 17.1. The molecule has 0 aliphatic carbocycles. The Morgan fingerprint density at radius 2 is 1.73 bits per heavy atom. The van der Waals surface area contributed by atoms with E-state index in [9.17, 15) is 9.59 Å². The van der Waals surface area contributed by atoms with Gasteiger partial charge in [-0.3, -0.25) is 9.36 Å². The summed E-state index contributed by atoms with van der Waals surface area (Å²) >= 11 is 0. The number of para-hydroxylation sites is 1. The highest BCUT2D eigenvalue weighted by Crippen LogP contribution is 2.24. The van der Waals surface area contributed by atoms with E-state index in [1.165, 1.54) is 17.9 Å². The number of rotatable bonds is 5. The predicted octanol–water partition coefficient (Wildman–Crippen LogP) is 3.54. The SMILES string of the molecule is COC(=O)c1cn(C(=O)[C@H](C)Oc2cccc(OC)c2)c2ccccc12. The van der Waals surface area contributed by atoms with Gasteiger partial charge >= 0.3 is 5.97 Å². The van der Waals surface area contributed by atoms with E-state index in [-0.39, 0.29) is 5.91 Å².